The van der Waals surface area contributed by atoms with Gasteiger partial charge in [-0.25, -0.2) is 0 Å². The first kappa shape index (κ1) is 18.2. The number of anilines is 2. The van der Waals surface area contributed by atoms with E-state index in [4.69, 9.17) is 4.18 Å². The monoisotopic (exact) mass is 483 g/mol. The van der Waals surface area contributed by atoms with Crippen molar-refractivity contribution in [3.8, 4) is 0 Å². The Kier molecular flexibility index (Phi) is 5.89. The molecule has 0 amide bonds. The van der Waals surface area contributed by atoms with Crippen molar-refractivity contribution in [2.75, 3.05) is 18.1 Å². The summed E-state index contributed by atoms with van der Waals surface area (Å²) >= 11 is 3.55. The van der Waals surface area contributed by atoms with Crippen molar-refractivity contribution in [2.45, 2.75) is 22.4 Å². The lowest BCUT2D eigenvalue weighted by atomic mass is 10.1. The number of rotatable bonds is 5. The maximum absolute atomic E-state index is 13.1. The van der Waals surface area contributed by atoms with Crippen LogP contribution in [-0.4, -0.2) is 13.2 Å². The number of alkyl halides is 3. The molecule has 0 N–H and O–H groups in total. The van der Waals surface area contributed by atoms with Gasteiger partial charge in [0.1, 0.15) is 0 Å². The molecule has 0 radical (unpaired) electrons. The van der Waals surface area contributed by atoms with E-state index in [0.717, 1.165) is 28.0 Å². The highest BCUT2D eigenvalue weighted by molar-refractivity contribution is 14.2. The first-order valence-corrected chi connectivity index (χ1v) is 11.3. The molecule has 3 rings (SSSR count). The maximum Gasteiger partial charge on any atom is 0.416 e. The van der Waals surface area contributed by atoms with E-state index in [-0.39, 0.29) is 0 Å². The Balaban J connectivity index is 1.96. The second-order valence-corrected chi connectivity index (χ2v) is 7.66. The summed E-state index contributed by atoms with van der Waals surface area (Å²) in [5.74, 6) is 0. The Morgan fingerprint density at radius 1 is 1.08 bits per heavy atom. The van der Waals surface area contributed by atoms with Gasteiger partial charge in [-0.2, -0.15) is 13.2 Å². The van der Waals surface area contributed by atoms with Crippen LogP contribution in [0.5, 0.6) is 0 Å². The van der Waals surface area contributed by atoms with E-state index in [9.17, 15) is 13.2 Å². The summed E-state index contributed by atoms with van der Waals surface area (Å²) in [7, 11) is 1.26. The molecule has 128 valence electrons. The predicted octanol–water partition coefficient (Wildman–Crippen LogP) is 6.71. The molecule has 0 saturated carbocycles. The van der Waals surface area contributed by atoms with Crippen molar-refractivity contribution in [1.82, 2.24) is 0 Å². The molecule has 0 unspecified atom stereocenters. The van der Waals surface area contributed by atoms with E-state index >= 15 is 0 Å². The van der Waals surface area contributed by atoms with Crippen molar-refractivity contribution in [1.29, 1.82) is 0 Å². The highest BCUT2D eigenvalue weighted by atomic mass is 127. The lowest BCUT2D eigenvalue weighted by molar-refractivity contribution is -0.137. The third kappa shape index (κ3) is 3.97. The van der Waals surface area contributed by atoms with Crippen LogP contribution in [0.4, 0.5) is 24.5 Å². The Hall–Kier alpha value is -0.580. The van der Waals surface area contributed by atoms with Crippen molar-refractivity contribution in [3.05, 3.63) is 48.0 Å². The fourth-order valence-electron chi connectivity index (χ4n) is 2.56. The predicted molar refractivity (Wildman–Crippen MR) is 101 cm³/mol. The van der Waals surface area contributed by atoms with Crippen LogP contribution in [0, 0.1) is 0 Å². The summed E-state index contributed by atoms with van der Waals surface area (Å²) in [6.07, 6.45) is -3.62. The molecular formula is C16H13F3INOS2. The average Bonchev–Trinajstić information content (AvgIpc) is 2.56. The second-order valence-electron chi connectivity index (χ2n) is 5.14. The molecule has 0 saturated heterocycles. The van der Waals surface area contributed by atoms with Gasteiger partial charge in [-0.05, 0) is 36.8 Å². The zero-order chi connectivity index (χ0) is 17.2. The molecule has 0 atom stereocenters. The van der Waals surface area contributed by atoms with E-state index < -0.39 is 11.7 Å². The van der Waals surface area contributed by atoms with Gasteiger partial charge in [-0.15, -0.1) is 0 Å². The number of hydrogen-bond donors (Lipinski definition) is 0. The van der Waals surface area contributed by atoms with Crippen LogP contribution >= 0.6 is 42.2 Å². The Labute approximate surface area is 158 Å². The van der Waals surface area contributed by atoms with Gasteiger partial charge in [0.15, 0.2) is 0 Å². The molecule has 2 nitrogen and oxygen atoms in total. The van der Waals surface area contributed by atoms with Gasteiger partial charge in [-0.3, -0.25) is 0 Å². The molecule has 24 heavy (non-hydrogen) atoms. The van der Waals surface area contributed by atoms with Crippen molar-refractivity contribution < 1.29 is 17.4 Å². The van der Waals surface area contributed by atoms with E-state index in [1.165, 1.54) is 27.0 Å². The Morgan fingerprint density at radius 3 is 2.58 bits per heavy atom. The maximum atomic E-state index is 13.1. The van der Waals surface area contributed by atoms with Gasteiger partial charge < -0.3 is 9.08 Å². The highest BCUT2D eigenvalue weighted by Gasteiger charge is 2.33. The number of para-hydroxylation sites is 1. The van der Waals surface area contributed by atoms with Gasteiger partial charge in [0.25, 0.3) is 0 Å². The fraction of sp³-hybridized carbons (Fsp3) is 0.250. The fourth-order valence-corrected chi connectivity index (χ4v) is 4.36. The van der Waals surface area contributed by atoms with E-state index in [1.807, 2.05) is 50.4 Å². The van der Waals surface area contributed by atoms with Crippen molar-refractivity contribution in [2.24, 2.45) is 0 Å². The molecule has 8 heteroatoms. The van der Waals surface area contributed by atoms with Crippen molar-refractivity contribution in [3.63, 3.8) is 0 Å². The summed E-state index contributed by atoms with van der Waals surface area (Å²) in [5.41, 5.74) is 0.928. The highest BCUT2D eigenvalue weighted by Crippen LogP contribution is 2.49. The standard InChI is InChI=1S/C16H13F3INOS2/c17-16(18,19)11-6-7-15-13(10-11)21(8-3-9-22-24-20)12-4-1-2-5-14(12)23-15/h1-2,4-7,10H,3,8-9H2. The van der Waals surface area contributed by atoms with E-state index in [0.29, 0.717) is 18.8 Å². The zero-order valence-electron chi connectivity index (χ0n) is 12.3. The van der Waals surface area contributed by atoms with Crippen LogP contribution < -0.4 is 4.90 Å². The number of hydrogen-bond acceptors (Lipinski definition) is 4. The minimum Gasteiger partial charge on any atom is -0.340 e. The first-order valence-electron chi connectivity index (χ1n) is 7.16. The van der Waals surface area contributed by atoms with Gasteiger partial charge >= 0.3 is 6.18 Å². The molecule has 0 fully saturated rings. The first-order chi connectivity index (χ1) is 11.5. The third-order valence-electron chi connectivity index (χ3n) is 3.61. The molecule has 0 spiro atoms. The van der Waals surface area contributed by atoms with Crippen LogP contribution in [-0.2, 0) is 10.4 Å². The van der Waals surface area contributed by atoms with Crippen LogP contribution in [0.25, 0.3) is 0 Å². The minimum atomic E-state index is -4.34. The zero-order valence-corrected chi connectivity index (χ0v) is 16.1. The molecule has 0 bridgehead atoms. The summed E-state index contributed by atoms with van der Waals surface area (Å²) < 4.78 is 44.5. The van der Waals surface area contributed by atoms with Crippen LogP contribution in [0.3, 0.4) is 0 Å². The van der Waals surface area contributed by atoms with Gasteiger partial charge in [-0.1, -0.05) is 23.9 Å². The number of nitrogens with zero attached hydrogens (tertiary/aromatic N) is 1. The van der Waals surface area contributed by atoms with Crippen LogP contribution in [0.1, 0.15) is 12.0 Å². The summed E-state index contributed by atoms with van der Waals surface area (Å²) in [5, 5.41) is 0. The molecular weight excluding hydrogens is 470 g/mol. The molecule has 0 aliphatic carbocycles. The van der Waals surface area contributed by atoms with Crippen molar-refractivity contribution >= 4 is 53.6 Å². The largest absolute Gasteiger partial charge is 0.416 e. The lowest BCUT2D eigenvalue weighted by Crippen LogP contribution is -2.23. The molecule has 0 aromatic heterocycles. The number of benzene rings is 2. The topological polar surface area (TPSA) is 12.5 Å². The Morgan fingerprint density at radius 2 is 1.83 bits per heavy atom. The Bertz CT molecular complexity index is 727. The molecule has 1 aliphatic heterocycles. The normalized spacial score (nSPS) is 13.6. The third-order valence-corrected chi connectivity index (χ3v) is 5.76. The number of halogens is 4. The molecule has 2 aromatic rings. The smallest absolute Gasteiger partial charge is 0.340 e. The van der Waals surface area contributed by atoms with Gasteiger partial charge in [0, 0.05) is 37.5 Å². The lowest BCUT2D eigenvalue weighted by Gasteiger charge is -2.33. The average molecular weight is 483 g/mol. The summed E-state index contributed by atoms with van der Waals surface area (Å²) in [6.45, 7) is 1.15. The SMILES string of the molecule is FC(F)(F)c1ccc2c(c1)N(CCCOSI)c1ccccc1S2. The summed E-state index contributed by atoms with van der Waals surface area (Å²) in [4.78, 5) is 3.84. The molecule has 2 aromatic carbocycles. The minimum absolute atomic E-state index is 0.549. The van der Waals surface area contributed by atoms with E-state index in [1.54, 1.807) is 6.07 Å². The van der Waals surface area contributed by atoms with Crippen LogP contribution in [0.2, 0.25) is 0 Å². The summed E-state index contributed by atoms with van der Waals surface area (Å²) in [6, 6.07) is 11.7. The van der Waals surface area contributed by atoms with Gasteiger partial charge in [0.05, 0.1) is 32.8 Å². The molecule has 1 heterocycles. The quantitative estimate of drug-likeness (QED) is 0.266. The van der Waals surface area contributed by atoms with Gasteiger partial charge in [0.2, 0.25) is 0 Å². The van der Waals surface area contributed by atoms with Crippen LogP contribution in [0.15, 0.2) is 52.3 Å². The molecule has 1 aliphatic rings. The number of fused-ring (bicyclic) bond motifs is 2. The van der Waals surface area contributed by atoms with E-state index in [2.05, 4.69) is 0 Å². The second kappa shape index (κ2) is 7.76.